The lowest BCUT2D eigenvalue weighted by Gasteiger charge is -2.02. The quantitative estimate of drug-likeness (QED) is 0.761. The van der Waals surface area contributed by atoms with Crippen LogP contribution >= 0.6 is 34.5 Å². The second-order valence-electron chi connectivity index (χ2n) is 4.12. The molecule has 0 aliphatic carbocycles. The zero-order valence-corrected chi connectivity index (χ0v) is 12.4. The van der Waals surface area contributed by atoms with Crippen molar-refractivity contribution in [3.05, 3.63) is 61.8 Å². The predicted molar refractivity (Wildman–Crippen MR) is 85.4 cm³/mol. The number of aromatic nitrogens is 2. The topological polar surface area (TPSA) is 45.8 Å². The van der Waals surface area contributed by atoms with Gasteiger partial charge in [-0.3, -0.25) is 4.79 Å². The average molecular weight is 323 g/mol. The largest absolute Gasteiger partial charge is 0.305 e. The standard InChI is InChI=1S/C14H8Cl2N2OS/c15-9-1-2-10-12(6-9)17-13(18-14(10)19)11(16)5-8-3-4-20-7-8/h1-7H,(H,17,18,19)/b11-5-. The van der Waals surface area contributed by atoms with Crippen LogP contribution in [0.15, 0.2) is 39.8 Å². The summed E-state index contributed by atoms with van der Waals surface area (Å²) in [4.78, 5) is 19.0. The number of hydrogen-bond donors (Lipinski definition) is 1. The zero-order valence-electron chi connectivity index (χ0n) is 10.1. The SMILES string of the molecule is O=c1[nH]c(/C(Cl)=C/c2ccsc2)nc2cc(Cl)ccc12. The minimum absolute atomic E-state index is 0.237. The minimum Gasteiger partial charge on any atom is -0.305 e. The number of H-pyrrole nitrogens is 1. The highest BCUT2D eigenvalue weighted by Gasteiger charge is 2.07. The fourth-order valence-electron chi connectivity index (χ4n) is 1.80. The van der Waals surface area contributed by atoms with Gasteiger partial charge in [0.15, 0.2) is 5.82 Å². The Labute approximate surface area is 128 Å². The van der Waals surface area contributed by atoms with Crippen LogP contribution < -0.4 is 5.56 Å². The van der Waals surface area contributed by atoms with Crippen molar-refractivity contribution in [1.29, 1.82) is 0 Å². The highest BCUT2D eigenvalue weighted by molar-refractivity contribution is 7.08. The first kappa shape index (κ1) is 13.4. The van der Waals surface area contributed by atoms with Gasteiger partial charge in [-0.25, -0.2) is 4.98 Å². The number of hydrogen-bond acceptors (Lipinski definition) is 3. The maximum absolute atomic E-state index is 12.0. The van der Waals surface area contributed by atoms with Gasteiger partial charge in [0.1, 0.15) is 0 Å². The highest BCUT2D eigenvalue weighted by Crippen LogP contribution is 2.22. The molecule has 2 aromatic heterocycles. The van der Waals surface area contributed by atoms with E-state index in [9.17, 15) is 4.79 Å². The van der Waals surface area contributed by atoms with Gasteiger partial charge in [-0.05, 0) is 46.7 Å². The van der Waals surface area contributed by atoms with Gasteiger partial charge in [-0.15, -0.1) is 0 Å². The molecule has 0 radical (unpaired) electrons. The molecule has 0 fully saturated rings. The van der Waals surface area contributed by atoms with Crippen molar-refractivity contribution in [1.82, 2.24) is 9.97 Å². The van der Waals surface area contributed by atoms with E-state index in [0.29, 0.717) is 26.8 Å². The molecule has 1 N–H and O–H groups in total. The smallest absolute Gasteiger partial charge is 0.259 e. The van der Waals surface area contributed by atoms with E-state index >= 15 is 0 Å². The summed E-state index contributed by atoms with van der Waals surface area (Å²) in [5.74, 6) is 0.331. The minimum atomic E-state index is -0.237. The molecule has 0 spiro atoms. The lowest BCUT2D eigenvalue weighted by Crippen LogP contribution is -2.10. The summed E-state index contributed by atoms with van der Waals surface area (Å²) >= 11 is 13.7. The Morgan fingerprint density at radius 1 is 1.35 bits per heavy atom. The maximum atomic E-state index is 12.0. The number of rotatable bonds is 2. The van der Waals surface area contributed by atoms with Crippen LogP contribution in [0.1, 0.15) is 11.4 Å². The summed E-state index contributed by atoms with van der Waals surface area (Å²) in [5, 5.41) is 5.30. The summed E-state index contributed by atoms with van der Waals surface area (Å²) in [6.45, 7) is 0. The summed E-state index contributed by atoms with van der Waals surface area (Å²) in [6.07, 6.45) is 1.76. The van der Waals surface area contributed by atoms with Crippen LogP contribution in [0.3, 0.4) is 0 Å². The lowest BCUT2D eigenvalue weighted by atomic mass is 10.2. The van der Waals surface area contributed by atoms with Crippen LogP contribution in [0.25, 0.3) is 22.0 Å². The normalized spacial score (nSPS) is 12.0. The molecular formula is C14H8Cl2N2OS. The van der Waals surface area contributed by atoms with Crippen molar-refractivity contribution in [3.8, 4) is 0 Å². The third-order valence-corrected chi connectivity index (χ3v) is 3.96. The second-order valence-corrected chi connectivity index (χ2v) is 5.75. The number of halogens is 2. The fourth-order valence-corrected chi connectivity index (χ4v) is 2.80. The Balaban J connectivity index is 2.15. The van der Waals surface area contributed by atoms with Crippen molar-refractivity contribution in [2.75, 3.05) is 0 Å². The Morgan fingerprint density at radius 3 is 2.95 bits per heavy atom. The van der Waals surface area contributed by atoms with Crippen molar-refractivity contribution >= 4 is 56.5 Å². The Kier molecular flexibility index (Phi) is 3.61. The van der Waals surface area contributed by atoms with Gasteiger partial charge in [0.2, 0.25) is 0 Å². The fraction of sp³-hybridized carbons (Fsp3) is 0. The third kappa shape index (κ3) is 2.63. The van der Waals surface area contributed by atoms with Gasteiger partial charge in [-0.1, -0.05) is 23.2 Å². The van der Waals surface area contributed by atoms with E-state index in [4.69, 9.17) is 23.2 Å². The molecule has 3 aromatic rings. The van der Waals surface area contributed by atoms with Gasteiger partial charge in [-0.2, -0.15) is 11.3 Å². The molecule has 20 heavy (non-hydrogen) atoms. The highest BCUT2D eigenvalue weighted by atomic mass is 35.5. The molecule has 2 heterocycles. The maximum Gasteiger partial charge on any atom is 0.259 e. The summed E-state index contributed by atoms with van der Waals surface area (Å²) in [7, 11) is 0. The number of benzene rings is 1. The van der Waals surface area contributed by atoms with Gasteiger partial charge >= 0.3 is 0 Å². The molecule has 100 valence electrons. The number of nitrogens with one attached hydrogen (secondary N) is 1. The van der Waals surface area contributed by atoms with Gasteiger partial charge < -0.3 is 4.98 Å². The van der Waals surface area contributed by atoms with Crippen molar-refractivity contribution in [2.24, 2.45) is 0 Å². The van der Waals surface area contributed by atoms with E-state index in [2.05, 4.69) is 9.97 Å². The molecule has 3 nitrogen and oxygen atoms in total. The van der Waals surface area contributed by atoms with E-state index in [-0.39, 0.29) is 5.56 Å². The van der Waals surface area contributed by atoms with Gasteiger partial charge in [0.05, 0.1) is 15.9 Å². The number of fused-ring (bicyclic) bond motifs is 1. The molecule has 0 amide bonds. The summed E-state index contributed by atoms with van der Waals surface area (Å²) in [6, 6.07) is 6.88. The molecule has 0 aliphatic heterocycles. The average Bonchev–Trinajstić information content (AvgIpc) is 2.90. The summed E-state index contributed by atoms with van der Waals surface area (Å²) in [5.41, 5.74) is 1.25. The summed E-state index contributed by atoms with van der Waals surface area (Å²) < 4.78 is 0. The molecular weight excluding hydrogens is 315 g/mol. The molecule has 0 atom stereocenters. The Morgan fingerprint density at radius 2 is 2.20 bits per heavy atom. The van der Waals surface area contributed by atoms with Crippen LogP contribution in [0, 0.1) is 0 Å². The molecule has 0 saturated heterocycles. The molecule has 0 bridgehead atoms. The van der Waals surface area contributed by atoms with Crippen LogP contribution in [-0.2, 0) is 0 Å². The first-order chi connectivity index (χ1) is 9.63. The Bertz CT molecular complexity index is 853. The Hall–Kier alpha value is -1.62. The lowest BCUT2D eigenvalue weighted by molar-refractivity contribution is 1.14. The van der Waals surface area contributed by atoms with Gasteiger partial charge in [0, 0.05) is 5.02 Å². The van der Waals surface area contributed by atoms with Crippen LogP contribution in [0.2, 0.25) is 5.02 Å². The molecule has 3 rings (SSSR count). The van der Waals surface area contributed by atoms with Gasteiger partial charge in [0.25, 0.3) is 5.56 Å². The van der Waals surface area contributed by atoms with Crippen LogP contribution in [0.5, 0.6) is 0 Å². The van der Waals surface area contributed by atoms with Crippen molar-refractivity contribution in [2.45, 2.75) is 0 Å². The molecule has 1 aromatic carbocycles. The number of thiophene rings is 1. The van der Waals surface area contributed by atoms with E-state index in [1.807, 2.05) is 16.8 Å². The first-order valence-electron chi connectivity index (χ1n) is 5.73. The molecule has 6 heteroatoms. The third-order valence-electron chi connectivity index (χ3n) is 2.73. The zero-order chi connectivity index (χ0) is 14.1. The monoisotopic (exact) mass is 322 g/mol. The molecule has 0 aliphatic rings. The first-order valence-corrected chi connectivity index (χ1v) is 7.43. The molecule has 0 saturated carbocycles. The van der Waals surface area contributed by atoms with Crippen molar-refractivity contribution in [3.63, 3.8) is 0 Å². The van der Waals surface area contributed by atoms with E-state index in [1.165, 1.54) is 0 Å². The second kappa shape index (κ2) is 5.40. The van der Waals surface area contributed by atoms with E-state index in [1.54, 1.807) is 35.6 Å². The molecule has 0 unspecified atom stereocenters. The predicted octanol–water partition coefficient (Wildman–Crippen LogP) is 4.37. The van der Waals surface area contributed by atoms with E-state index < -0.39 is 0 Å². The van der Waals surface area contributed by atoms with E-state index in [0.717, 1.165) is 5.56 Å². The van der Waals surface area contributed by atoms with Crippen LogP contribution in [0.4, 0.5) is 0 Å². The number of aromatic amines is 1. The van der Waals surface area contributed by atoms with Crippen LogP contribution in [-0.4, -0.2) is 9.97 Å². The number of nitrogens with zero attached hydrogens (tertiary/aromatic N) is 1. The van der Waals surface area contributed by atoms with Crippen molar-refractivity contribution < 1.29 is 0 Å².